The molecule has 0 aliphatic carbocycles. The molecular weight excluding hydrogens is 254 g/mol. The summed E-state index contributed by atoms with van der Waals surface area (Å²) in [6.07, 6.45) is 7.98. The number of nitrogens with zero attached hydrogens (tertiary/aromatic N) is 3. The van der Waals surface area contributed by atoms with Crippen molar-refractivity contribution in [3.05, 3.63) is 65.9 Å². The van der Waals surface area contributed by atoms with Crippen LogP contribution in [0.4, 0.5) is 4.79 Å². The summed E-state index contributed by atoms with van der Waals surface area (Å²) in [4.78, 5) is 21.5. The highest BCUT2D eigenvalue weighted by atomic mass is 16.6. The molecule has 20 heavy (non-hydrogen) atoms. The molecule has 2 heterocycles. The topological polar surface area (TPSA) is 55.3 Å². The monoisotopic (exact) mass is 267 g/mol. The lowest BCUT2D eigenvalue weighted by atomic mass is 10.1. The molecule has 1 aliphatic heterocycles. The number of rotatable bonds is 2. The van der Waals surface area contributed by atoms with E-state index in [-0.39, 0.29) is 12.7 Å². The highest BCUT2D eigenvalue weighted by molar-refractivity contribution is 5.72. The Bertz CT molecular complexity index is 641. The quantitative estimate of drug-likeness (QED) is 0.839. The van der Waals surface area contributed by atoms with E-state index in [1.54, 1.807) is 29.7 Å². The molecule has 0 saturated carbocycles. The number of carbonyl (C=O) groups is 1. The van der Waals surface area contributed by atoms with Crippen LogP contribution >= 0.6 is 0 Å². The third-order valence-electron chi connectivity index (χ3n) is 3.02. The van der Waals surface area contributed by atoms with Crippen molar-refractivity contribution < 1.29 is 9.53 Å². The molecule has 0 spiro atoms. The molecule has 0 bridgehead atoms. The van der Waals surface area contributed by atoms with Crippen LogP contribution in [-0.4, -0.2) is 21.0 Å². The van der Waals surface area contributed by atoms with Crippen molar-refractivity contribution in [2.75, 3.05) is 0 Å². The molecule has 0 unspecified atom stereocenters. The standard InChI is InChI=1S/C15H13N3O2/c19-15(20-11-14-9-16-6-7-17-14)18-8-5-12-3-1-2-4-13(12)10-18/h1-9H,10-11H2. The molecule has 0 saturated heterocycles. The van der Waals surface area contributed by atoms with Crippen molar-refractivity contribution in [1.29, 1.82) is 0 Å². The minimum Gasteiger partial charge on any atom is -0.443 e. The molecule has 3 rings (SSSR count). The maximum atomic E-state index is 12.0. The highest BCUT2D eigenvalue weighted by Gasteiger charge is 2.17. The van der Waals surface area contributed by atoms with Crippen LogP contribution in [0.15, 0.2) is 49.1 Å². The number of fused-ring (bicyclic) bond motifs is 1. The van der Waals surface area contributed by atoms with Crippen molar-refractivity contribution in [2.45, 2.75) is 13.2 Å². The first-order valence-corrected chi connectivity index (χ1v) is 6.27. The van der Waals surface area contributed by atoms with E-state index in [9.17, 15) is 4.79 Å². The number of amides is 1. The number of hydrogen-bond donors (Lipinski definition) is 0. The van der Waals surface area contributed by atoms with Gasteiger partial charge in [-0.25, -0.2) is 4.79 Å². The zero-order valence-corrected chi connectivity index (χ0v) is 10.8. The fourth-order valence-corrected chi connectivity index (χ4v) is 2.00. The SMILES string of the molecule is O=C(OCc1cnccn1)N1C=Cc2ccccc2C1. The van der Waals surface area contributed by atoms with Gasteiger partial charge in [0.2, 0.25) is 0 Å². The zero-order chi connectivity index (χ0) is 13.8. The third kappa shape index (κ3) is 2.66. The van der Waals surface area contributed by atoms with E-state index in [1.165, 1.54) is 0 Å². The van der Waals surface area contributed by atoms with Gasteiger partial charge in [0.1, 0.15) is 6.61 Å². The number of aromatic nitrogens is 2. The minimum absolute atomic E-state index is 0.124. The summed E-state index contributed by atoms with van der Waals surface area (Å²) in [5, 5.41) is 0. The van der Waals surface area contributed by atoms with Gasteiger partial charge in [-0.3, -0.25) is 14.9 Å². The molecular formula is C15H13N3O2. The normalized spacial score (nSPS) is 12.9. The Morgan fingerprint density at radius 2 is 2.20 bits per heavy atom. The van der Waals surface area contributed by atoms with E-state index in [2.05, 4.69) is 9.97 Å². The van der Waals surface area contributed by atoms with Crippen molar-refractivity contribution in [3.8, 4) is 0 Å². The first-order valence-electron chi connectivity index (χ1n) is 6.27. The lowest BCUT2D eigenvalue weighted by molar-refractivity contribution is 0.107. The van der Waals surface area contributed by atoms with E-state index in [0.717, 1.165) is 11.1 Å². The van der Waals surface area contributed by atoms with Gasteiger partial charge in [0.05, 0.1) is 18.4 Å². The Morgan fingerprint density at radius 3 is 3.05 bits per heavy atom. The van der Waals surface area contributed by atoms with E-state index in [4.69, 9.17) is 4.74 Å². The van der Waals surface area contributed by atoms with E-state index in [0.29, 0.717) is 12.2 Å². The van der Waals surface area contributed by atoms with E-state index < -0.39 is 0 Å². The Labute approximate surface area is 116 Å². The van der Waals surface area contributed by atoms with Gasteiger partial charge in [0.15, 0.2) is 0 Å². The van der Waals surface area contributed by atoms with Crippen LogP contribution in [0.1, 0.15) is 16.8 Å². The minimum atomic E-state index is -0.388. The molecule has 0 atom stereocenters. The second-order valence-electron chi connectivity index (χ2n) is 4.39. The van der Waals surface area contributed by atoms with Crippen molar-refractivity contribution in [1.82, 2.24) is 14.9 Å². The van der Waals surface area contributed by atoms with Crippen LogP contribution in [0.5, 0.6) is 0 Å². The first kappa shape index (κ1) is 12.3. The molecule has 1 amide bonds. The molecule has 5 heteroatoms. The molecule has 0 radical (unpaired) electrons. The summed E-state index contributed by atoms with van der Waals surface area (Å²) in [5.74, 6) is 0. The summed E-state index contributed by atoms with van der Waals surface area (Å²) in [5.41, 5.74) is 2.86. The summed E-state index contributed by atoms with van der Waals surface area (Å²) in [6, 6.07) is 7.96. The fourth-order valence-electron chi connectivity index (χ4n) is 2.00. The van der Waals surface area contributed by atoms with Gasteiger partial charge in [-0.2, -0.15) is 0 Å². The Kier molecular flexibility index (Phi) is 3.41. The van der Waals surface area contributed by atoms with Crippen molar-refractivity contribution >= 4 is 12.2 Å². The Morgan fingerprint density at radius 1 is 1.30 bits per heavy atom. The second-order valence-corrected chi connectivity index (χ2v) is 4.39. The van der Waals surface area contributed by atoms with E-state index in [1.807, 2.05) is 30.3 Å². The molecule has 2 aromatic rings. The van der Waals surface area contributed by atoms with Gasteiger partial charge in [-0.1, -0.05) is 24.3 Å². The predicted molar refractivity (Wildman–Crippen MR) is 73.2 cm³/mol. The Balaban J connectivity index is 1.62. The van der Waals surface area contributed by atoms with E-state index >= 15 is 0 Å². The molecule has 0 N–H and O–H groups in total. The summed E-state index contributed by atoms with van der Waals surface area (Å²) >= 11 is 0. The highest BCUT2D eigenvalue weighted by Crippen LogP contribution is 2.19. The third-order valence-corrected chi connectivity index (χ3v) is 3.02. The molecule has 0 fully saturated rings. The molecule has 1 aliphatic rings. The van der Waals surface area contributed by atoms with Crippen LogP contribution in [-0.2, 0) is 17.9 Å². The molecule has 5 nitrogen and oxygen atoms in total. The summed E-state index contributed by atoms with van der Waals surface area (Å²) < 4.78 is 5.22. The largest absolute Gasteiger partial charge is 0.443 e. The van der Waals surface area contributed by atoms with Gasteiger partial charge >= 0.3 is 6.09 Å². The maximum Gasteiger partial charge on any atom is 0.414 e. The van der Waals surface area contributed by atoms with Crippen LogP contribution in [0.25, 0.3) is 6.08 Å². The van der Waals surface area contributed by atoms with Gasteiger partial charge < -0.3 is 4.74 Å². The number of carbonyl (C=O) groups excluding carboxylic acids is 1. The summed E-state index contributed by atoms with van der Waals surface area (Å²) in [7, 11) is 0. The van der Waals surface area contributed by atoms with Crippen molar-refractivity contribution in [2.24, 2.45) is 0 Å². The second kappa shape index (κ2) is 5.52. The summed E-state index contributed by atoms with van der Waals surface area (Å²) in [6.45, 7) is 0.643. The van der Waals surface area contributed by atoms with Gasteiger partial charge in [-0.15, -0.1) is 0 Å². The molecule has 1 aromatic heterocycles. The average molecular weight is 267 g/mol. The maximum absolute atomic E-state index is 12.0. The molecule has 100 valence electrons. The van der Waals surface area contributed by atoms with Crippen LogP contribution in [0.3, 0.4) is 0 Å². The smallest absolute Gasteiger partial charge is 0.414 e. The molecule has 1 aromatic carbocycles. The lowest BCUT2D eigenvalue weighted by Crippen LogP contribution is -2.28. The average Bonchev–Trinajstić information content (AvgIpc) is 2.53. The van der Waals surface area contributed by atoms with Gasteiger partial charge in [0.25, 0.3) is 0 Å². The van der Waals surface area contributed by atoms with Crippen LogP contribution in [0.2, 0.25) is 0 Å². The zero-order valence-electron chi connectivity index (χ0n) is 10.8. The van der Waals surface area contributed by atoms with Gasteiger partial charge in [-0.05, 0) is 17.2 Å². The first-order chi connectivity index (χ1) is 9.83. The fraction of sp³-hybridized carbons (Fsp3) is 0.133. The van der Waals surface area contributed by atoms with Crippen LogP contribution < -0.4 is 0 Å². The number of ether oxygens (including phenoxy) is 1. The number of benzene rings is 1. The number of hydrogen-bond acceptors (Lipinski definition) is 4. The Hall–Kier alpha value is -2.69. The van der Waals surface area contributed by atoms with Crippen LogP contribution in [0, 0.1) is 0 Å². The predicted octanol–water partition coefficient (Wildman–Crippen LogP) is 2.60. The van der Waals surface area contributed by atoms with Gasteiger partial charge in [0, 0.05) is 18.6 Å². The lowest BCUT2D eigenvalue weighted by Gasteiger charge is -2.22. The van der Waals surface area contributed by atoms with Crippen molar-refractivity contribution in [3.63, 3.8) is 0 Å².